The topological polar surface area (TPSA) is 78.2 Å². The van der Waals surface area contributed by atoms with Crippen molar-refractivity contribution in [3.8, 4) is 11.8 Å². The van der Waals surface area contributed by atoms with E-state index in [0.717, 1.165) is 24.0 Å². The molecule has 0 aliphatic carbocycles. The molecule has 0 fully saturated rings. The lowest BCUT2D eigenvalue weighted by Gasteiger charge is -2.28. The van der Waals surface area contributed by atoms with Crippen LogP contribution in [-0.4, -0.2) is 19.3 Å². The van der Waals surface area contributed by atoms with Crippen LogP contribution in [0.25, 0.3) is 6.08 Å². The number of nitriles is 1. The zero-order chi connectivity index (χ0) is 22.6. The van der Waals surface area contributed by atoms with E-state index in [9.17, 15) is 18.8 Å². The summed E-state index contributed by atoms with van der Waals surface area (Å²) in [6.07, 6.45) is 3.80. The number of unbranched alkanes of at least 4 members (excludes halogenated alkanes) is 1. The largest absolute Gasteiger partial charge is 0.507 e. The van der Waals surface area contributed by atoms with Gasteiger partial charge in [0.15, 0.2) is 9.84 Å². The first-order valence-electron chi connectivity index (χ1n) is 10.3. The van der Waals surface area contributed by atoms with Gasteiger partial charge in [-0.2, -0.15) is 5.26 Å². The van der Waals surface area contributed by atoms with Crippen molar-refractivity contribution in [2.45, 2.75) is 85.5 Å². The van der Waals surface area contributed by atoms with E-state index in [2.05, 4.69) is 13.8 Å². The highest BCUT2D eigenvalue weighted by atomic mass is 32.2. The molecule has 0 aliphatic rings. The van der Waals surface area contributed by atoms with Gasteiger partial charge in [0.05, 0.1) is 5.75 Å². The number of hydrogen-bond donors (Lipinski definition) is 1. The average Bonchev–Trinajstić information content (AvgIpc) is 2.55. The minimum absolute atomic E-state index is 0.0184. The Labute approximate surface area is 177 Å². The van der Waals surface area contributed by atoms with Crippen LogP contribution in [-0.2, 0) is 20.7 Å². The van der Waals surface area contributed by atoms with E-state index in [1.807, 2.05) is 47.6 Å². The molecule has 29 heavy (non-hydrogen) atoms. The van der Waals surface area contributed by atoms with Crippen LogP contribution in [0.1, 0.15) is 91.3 Å². The Bertz CT molecular complexity index is 855. The molecule has 0 heterocycles. The van der Waals surface area contributed by atoms with Gasteiger partial charge in [0.25, 0.3) is 0 Å². The highest BCUT2D eigenvalue weighted by molar-refractivity contribution is 7.95. The summed E-state index contributed by atoms with van der Waals surface area (Å²) >= 11 is 0. The Balaban J connectivity index is 3.40. The van der Waals surface area contributed by atoms with Crippen LogP contribution < -0.4 is 0 Å². The predicted octanol–water partition coefficient (Wildman–Crippen LogP) is 6.09. The lowest BCUT2D eigenvalue weighted by atomic mass is 9.78. The van der Waals surface area contributed by atoms with Crippen molar-refractivity contribution in [2.75, 3.05) is 5.75 Å². The van der Waals surface area contributed by atoms with Gasteiger partial charge >= 0.3 is 0 Å². The summed E-state index contributed by atoms with van der Waals surface area (Å²) < 4.78 is 25.4. The molecule has 162 valence electrons. The average molecular weight is 420 g/mol. The van der Waals surface area contributed by atoms with Crippen LogP contribution in [0.3, 0.4) is 0 Å². The second kappa shape index (κ2) is 9.34. The summed E-state index contributed by atoms with van der Waals surface area (Å²) in [5.74, 6) is 0.750. The molecule has 0 saturated heterocycles. The zero-order valence-corrected chi connectivity index (χ0v) is 20.1. The molecular formula is C24H37NO3S. The van der Waals surface area contributed by atoms with E-state index in [-0.39, 0.29) is 27.2 Å². The Morgan fingerprint density at radius 2 is 1.55 bits per heavy atom. The Morgan fingerprint density at radius 3 is 1.93 bits per heavy atom. The van der Waals surface area contributed by atoms with E-state index in [0.29, 0.717) is 17.9 Å². The van der Waals surface area contributed by atoms with Crippen molar-refractivity contribution >= 4 is 15.9 Å². The van der Waals surface area contributed by atoms with Crippen LogP contribution >= 0.6 is 0 Å². The number of nitrogens with zero attached hydrogens (tertiary/aromatic N) is 1. The quantitative estimate of drug-likeness (QED) is 0.428. The van der Waals surface area contributed by atoms with Gasteiger partial charge in [-0.3, -0.25) is 0 Å². The summed E-state index contributed by atoms with van der Waals surface area (Å²) in [7, 11) is -3.64. The summed E-state index contributed by atoms with van der Waals surface area (Å²) in [6.45, 7) is 16.2. The monoisotopic (exact) mass is 419 g/mol. The Kier molecular flexibility index (Phi) is 8.13. The fourth-order valence-corrected chi connectivity index (χ4v) is 4.44. The van der Waals surface area contributed by atoms with Crippen LogP contribution in [0.4, 0.5) is 0 Å². The number of rotatable bonds is 7. The minimum Gasteiger partial charge on any atom is -0.507 e. The van der Waals surface area contributed by atoms with Gasteiger partial charge in [0, 0.05) is 11.1 Å². The first-order valence-corrected chi connectivity index (χ1v) is 12.0. The van der Waals surface area contributed by atoms with Crippen molar-refractivity contribution in [1.82, 2.24) is 0 Å². The molecule has 0 aliphatic heterocycles. The van der Waals surface area contributed by atoms with Crippen LogP contribution in [0.2, 0.25) is 0 Å². The maximum atomic E-state index is 12.7. The molecule has 5 heteroatoms. The summed E-state index contributed by atoms with van der Waals surface area (Å²) in [6, 6.07) is 5.46. The molecule has 0 amide bonds. The van der Waals surface area contributed by atoms with Gasteiger partial charge in [-0.1, -0.05) is 68.2 Å². The third-order valence-corrected chi connectivity index (χ3v) is 6.64. The van der Waals surface area contributed by atoms with E-state index < -0.39 is 9.84 Å². The normalized spacial score (nSPS) is 13.6. The predicted molar refractivity (Wildman–Crippen MR) is 122 cm³/mol. The lowest BCUT2D eigenvalue weighted by molar-refractivity contribution is 0.423. The molecule has 0 bridgehead atoms. The van der Waals surface area contributed by atoms with Gasteiger partial charge in [-0.15, -0.1) is 0 Å². The number of aromatic hydroxyl groups is 1. The molecule has 0 saturated carbocycles. The molecule has 0 spiro atoms. The third kappa shape index (κ3) is 7.19. The number of phenolic OH excluding ortho intramolecular Hbond substituents is 1. The number of phenols is 1. The van der Waals surface area contributed by atoms with Gasteiger partial charge in [0.1, 0.15) is 16.7 Å². The van der Waals surface area contributed by atoms with Crippen molar-refractivity contribution in [3.63, 3.8) is 0 Å². The smallest absolute Gasteiger partial charge is 0.188 e. The molecule has 4 nitrogen and oxygen atoms in total. The van der Waals surface area contributed by atoms with Gasteiger partial charge < -0.3 is 5.11 Å². The molecular weight excluding hydrogens is 382 g/mol. The van der Waals surface area contributed by atoms with E-state index >= 15 is 0 Å². The molecule has 0 unspecified atom stereocenters. The van der Waals surface area contributed by atoms with Crippen LogP contribution in [0.15, 0.2) is 17.0 Å². The molecule has 1 rings (SSSR count). The van der Waals surface area contributed by atoms with Crippen molar-refractivity contribution in [2.24, 2.45) is 5.92 Å². The first kappa shape index (κ1) is 25.2. The number of allylic oxidation sites excluding steroid dienone is 1. The maximum absolute atomic E-state index is 12.7. The third-order valence-electron chi connectivity index (χ3n) is 4.94. The van der Waals surface area contributed by atoms with E-state index in [1.165, 1.54) is 6.08 Å². The first-order chi connectivity index (χ1) is 13.1. The SMILES string of the molecule is CC(C)CCCCS(=O)(=O)/C(C#N)=C/c1cc(C(C)(C)C)c(O)c(C(C)(C)C)c1. The highest BCUT2D eigenvalue weighted by Gasteiger charge is 2.27. The standard InChI is InChI=1S/C24H37NO3S/c1-17(2)11-9-10-12-29(27,28)19(16-25)13-18-14-20(23(3,4)5)22(26)21(15-18)24(6,7)8/h13-15,17,26H,9-12H2,1-8H3/b19-13+. The van der Waals surface area contributed by atoms with Gasteiger partial charge in [-0.25, -0.2) is 8.42 Å². The Hall–Kier alpha value is -1.80. The van der Waals surface area contributed by atoms with Gasteiger partial charge in [0.2, 0.25) is 0 Å². The lowest BCUT2D eigenvalue weighted by Crippen LogP contribution is -2.17. The number of benzene rings is 1. The van der Waals surface area contributed by atoms with Crippen LogP contribution in [0.5, 0.6) is 5.75 Å². The fourth-order valence-electron chi connectivity index (χ4n) is 3.18. The number of sulfone groups is 1. The van der Waals surface area contributed by atoms with Gasteiger partial charge in [-0.05, 0) is 46.9 Å². The second-order valence-electron chi connectivity index (χ2n) is 10.3. The summed E-state index contributed by atoms with van der Waals surface area (Å²) in [5, 5.41) is 20.4. The van der Waals surface area contributed by atoms with Crippen molar-refractivity contribution < 1.29 is 13.5 Å². The second-order valence-corrected chi connectivity index (χ2v) is 12.4. The molecule has 0 aromatic heterocycles. The maximum Gasteiger partial charge on any atom is 0.188 e. The fraction of sp³-hybridized carbons (Fsp3) is 0.625. The molecule has 0 radical (unpaired) electrons. The number of hydrogen-bond acceptors (Lipinski definition) is 4. The summed E-state index contributed by atoms with van der Waals surface area (Å²) in [5.41, 5.74) is 1.46. The van der Waals surface area contributed by atoms with E-state index in [1.54, 1.807) is 12.1 Å². The molecule has 1 N–H and O–H groups in total. The Morgan fingerprint density at radius 1 is 1.07 bits per heavy atom. The molecule has 1 aromatic rings. The minimum atomic E-state index is -3.64. The highest BCUT2D eigenvalue weighted by Crippen LogP contribution is 2.40. The van der Waals surface area contributed by atoms with E-state index in [4.69, 9.17) is 0 Å². The molecule has 1 aromatic carbocycles. The van der Waals surface area contributed by atoms with Crippen molar-refractivity contribution in [3.05, 3.63) is 33.7 Å². The summed E-state index contributed by atoms with van der Waals surface area (Å²) in [4.78, 5) is -0.215. The zero-order valence-electron chi connectivity index (χ0n) is 19.3. The van der Waals surface area contributed by atoms with Crippen molar-refractivity contribution in [1.29, 1.82) is 5.26 Å². The van der Waals surface area contributed by atoms with Crippen LogP contribution in [0, 0.1) is 17.2 Å². The molecule has 0 atom stereocenters.